The standard InChI is InChI=1S/C21H29FO2/c1-19-13-18(24)21(22)17(16(19)8-6-14(19)10-12-23)9-7-15-5-3-4-11-20(15,21)2/h4-6,11,16-18,23-24H,3,7-10,12-13H2,1-2H3/t16-,17-,18-,19+,20-,21-/m0/s1. The number of hydrogen-bond donors (Lipinski definition) is 2. The van der Waals surface area contributed by atoms with Gasteiger partial charge in [0.25, 0.3) is 0 Å². The van der Waals surface area contributed by atoms with Gasteiger partial charge in [-0.15, -0.1) is 0 Å². The molecule has 132 valence electrons. The van der Waals surface area contributed by atoms with E-state index in [0.717, 1.165) is 25.7 Å². The summed E-state index contributed by atoms with van der Waals surface area (Å²) in [5.41, 5.74) is -0.0250. The summed E-state index contributed by atoms with van der Waals surface area (Å²) in [5.74, 6) is 0.116. The maximum absolute atomic E-state index is 16.6. The SMILES string of the molecule is C[C@]12C=CCC=C1CC[C@H]1[C@@H]3CC=C(CCO)[C@@]3(C)C[C@H](O)[C@@]12F. The van der Waals surface area contributed by atoms with Crippen LogP contribution in [-0.4, -0.2) is 28.6 Å². The lowest BCUT2D eigenvalue weighted by atomic mass is 9.45. The summed E-state index contributed by atoms with van der Waals surface area (Å²) in [4.78, 5) is 0. The number of fused-ring (bicyclic) bond motifs is 5. The van der Waals surface area contributed by atoms with Gasteiger partial charge in [-0.3, -0.25) is 0 Å². The first kappa shape index (κ1) is 16.5. The van der Waals surface area contributed by atoms with Gasteiger partial charge in [0.05, 0.1) is 6.10 Å². The summed E-state index contributed by atoms with van der Waals surface area (Å²) in [6, 6.07) is 0. The highest BCUT2D eigenvalue weighted by molar-refractivity contribution is 5.39. The van der Waals surface area contributed by atoms with E-state index in [2.05, 4.69) is 25.2 Å². The second-order valence-corrected chi connectivity index (χ2v) is 8.67. The van der Waals surface area contributed by atoms with Crippen molar-refractivity contribution in [2.45, 2.75) is 64.1 Å². The molecule has 0 aliphatic heterocycles. The van der Waals surface area contributed by atoms with Crippen molar-refractivity contribution >= 4 is 0 Å². The third kappa shape index (κ3) is 1.83. The summed E-state index contributed by atoms with van der Waals surface area (Å²) in [6.45, 7) is 4.30. The molecule has 0 aromatic carbocycles. The Hall–Kier alpha value is -0.930. The van der Waals surface area contributed by atoms with Crippen LogP contribution in [0.1, 0.15) is 52.4 Å². The average molecular weight is 332 g/mol. The molecule has 0 radical (unpaired) electrons. The van der Waals surface area contributed by atoms with Crippen molar-refractivity contribution in [1.82, 2.24) is 0 Å². The summed E-state index contributed by atoms with van der Waals surface area (Å²) < 4.78 is 16.6. The number of alkyl halides is 1. The zero-order valence-electron chi connectivity index (χ0n) is 14.8. The van der Waals surface area contributed by atoms with Crippen LogP contribution in [0.2, 0.25) is 0 Å². The molecule has 24 heavy (non-hydrogen) atoms. The van der Waals surface area contributed by atoms with Gasteiger partial charge in [-0.05, 0) is 56.8 Å². The molecular formula is C21H29FO2. The molecule has 0 unspecified atom stereocenters. The Morgan fingerprint density at radius 3 is 2.79 bits per heavy atom. The van der Waals surface area contributed by atoms with Gasteiger partial charge in [-0.1, -0.05) is 42.4 Å². The zero-order chi connectivity index (χ0) is 17.2. The van der Waals surface area contributed by atoms with E-state index < -0.39 is 17.2 Å². The van der Waals surface area contributed by atoms with Crippen molar-refractivity contribution in [3.05, 3.63) is 35.5 Å². The molecule has 2 N–H and O–H groups in total. The molecule has 0 spiro atoms. The summed E-state index contributed by atoms with van der Waals surface area (Å²) in [7, 11) is 0. The van der Waals surface area contributed by atoms with E-state index in [0.29, 0.717) is 12.8 Å². The minimum atomic E-state index is -1.58. The quantitative estimate of drug-likeness (QED) is 0.748. The Labute approximate surface area is 144 Å². The number of allylic oxidation sites excluding steroid dienone is 5. The van der Waals surface area contributed by atoms with Crippen LogP contribution in [0.5, 0.6) is 0 Å². The maximum atomic E-state index is 16.6. The highest BCUT2D eigenvalue weighted by Gasteiger charge is 2.68. The molecule has 0 aromatic heterocycles. The predicted molar refractivity (Wildman–Crippen MR) is 93.1 cm³/mol. The van der Waals surface area contributed by atoms with Crippen molar-refractivity contribution in [3.8, 4) is 0 Å². The fourth-order valence-corrected chi connectivity index (χ4v) is 6.51. The largest absolute Gasteiger partial charge is 0.396 e. The van der Waals surface area contributed by atoms with Crippen LogP contribution in [0.4, 0.5) is 4.39 Å². The van der Waals surface area contributed by atoms with Gasteiger partial charge in [0.1, 0.15) is 0 Å². The Bertz CT molecular complexity index is 636. The Balaban J connectivity index is 1.77. The number of aliphatic hydroxyl groups excluding tert-OH is 2. The van der Waals surface area contributed by atoms with Gasteiger partial charge in [-0.25, -0.2) is 4.39 Å². The second-order valence-electron chi connectivity index (χ2n) is 8.67. The van der Waals surface area contributed by atoms with Gasteiger partial charge >= 0.3 is 0 Å². The number of aliphatic hydroxyl groups is 2. The van der Waals surface area contributed by atoms with E-state index in [1.54, 1.807) is 0 Å². The fourth-order valence-electron chi connectivity index (χ4n) is 6.51. The lowest BCUT2D eigenvalue weighted by Gasteiger charge is -2.62. The molecular weight excluding hydrogens is 303 g/mol. The van der Waals surface area contributed by atoms with Crippen molar-refractivity contribution < 1.29 is 14.6 Å². The third-order valence-electron chi connectivity index (χ3n) is 7.82. The normalized spacial score (nSPS) is 49.8. The molecule has 0 saturated heterocycles. The van der Waals surface area contributed by atoms with Crippen LogP contribution in [0, 0.1) is 22.7 Å². The highest BCUT2D eigenvalue weighted by Crippen LogP contribution is 2.68. The van der Waals surface area contributed by atoms with E-state index in [1.807, 2.05) is 13.0 Å². The second kappa shape index (κ2) is 5.28. The van der Waals surface area contributed by atoms with Crippen LogP contribution in [0.3, 0.4) is 0 Å². The van der Waals surface area contributed by atoms with Crippen molar-refractivity contribution in [2.24, 2.45) is 22.7 Å². The molecule has 2 fully saturated rings. The van der Waals surface area contributed by atoms with Crippen molar-refractivity contribution in [1.29, 1.82) is 0 Å². The monoisotopic (exact) mass is 332 g/mol. The van der Waals surface area contributed by atoms with Gasteiger partial charge in [0.2, 0.25) is 0 Å². The van der Waals surface area contributed by atoms with E-state index in [1.165, 1.54) is 11.1 Å². The summed E-state index contributed by atoms with van der Waals surface area (Å²) in [6.07, 6.45) is 12.1. The van der Waals surface area contributed by atoms with Crippen LogP contribution in [0.25, 0.3) is 0 Å². The first-order valence-corrected chi connectivity index (χ1v) is 9.42. The predicted octanol–water partition coefficient (Wildman–Crippen LogP) is 4.10. The smallest absolute Gasteiger partial charge is 0.152 e. The molecule has 2 nitrogen and oxygen atoms in total. The molecule has 4 aliphatic carbocycles. The van der Waals surface area contributed by atoms with E-state index >= 15 is 4.39 Å². The van der Waals surface area contributed by atoms with Crippen LogP contribution >= 0.6 is 0 Å². The molecule has 4 rings (SSSR count). The molecule has 4 aliphatic rings. The average Bonchev–Trinajstić information content (AvgIpc) is 2.85. The lowest BCUT2D eigenvalue weighted by molar-refractivity contribution is -0.185. The van der Waals surface area contributed by atoms with E-state index in [9.17, 15) is 10.2 Å². The van der Waals surface area contributed by atoms with E-state index in [4.69, 9.17) is 0 Å². The molecule has 0 aromatic rings. The molecule has 0 amide bonds. The summed E-state index contributed by atoms with van der Waals surface area (Å²) >= 11 is 0. The molecule has 0 bridgehead atoms. The van der Waals surface area contributed by atoms with Gasteiger partial charge in [0, 0.05) is 17.9 Å². The molecule has 0 heterocycles. The maximum Gasteiger partial charge on any atom is 0.152 e. The number of halogens is 1. The van der Waals surface area contributed by atoms with Gasteiger partial charge in [-0.2, -0.15) is 0 Å². The molecule has 3 heteroatoms. The Kier molecular flexibility index (Phi) is 3.64. The van der Waals surface area contributed by atoms with E-state index in [-0.39, 0.29) is 23.9 Å². The Morgan fingerprint density at radius 1 is 1.25 bits per heavy atom. The fraction of sp³-hybridized carbons (Fsp3) is 0.714. The van der Waals surface area contributed by atoms with Crippen LogP contribution in [-0.2, 0) is 0 Å². The summed E-state index contributed by atoms with van der Waals surface area (Å²) in [5, 5.41) is 20.4. The highest BCUT2D eigenvalue weighted by atomic mass is 19.1. The Morgan fingerprint density at radius 2 is 2.04 bits per heavy atom. The number of rotatable bonds is 2. The lowest BCUT2D eigenvalue weighted by Crippen LogP contribution is -2.66. The number of hydrogen-bond acceptors (Lipinski definition) is 2. The molecule has 2 saturated carbocycles. The topological polar surface area (TPSA) is 40.5 Å². The van der Waals surface area contributed by atoms with Gasteiger partial charge < -0.3 is 10.2 Å². The first-order valence-electron chi connectivity index (χ1n) is 9.42. The molecule has 6 atom stereocenters. The zero-order valence-corrected chi connectivity index (χ0v) is 14.8. The van der Waals surface area contributed by atoms with Gasteiger partial charge in [0.15, 0.2) is 5.67 Å². The van der Waals surface area contributed by atoms with Crippen molar-refractivity contribution in [2.75, 3.05) is 6.61 Å². The minimum Gasteiger partial charge on any atom is -0.396 e. The third-order valence-corrected chi connectivity index (χ3v) is 7.82. The van der Waals surface area contributed by atoms with Crippen LogP contribution in [0.15, 0.2) is 35.5 Å². The minimum absolute atomic E-state index is 0.122. The first-order chi connectivity index (χ1) is 11.4. The van der Waals surface area contributed by atoms with Crippen LogP contribution < -0.4 is 0 Å². The van der Waals surface area contributed by atoms with Crippen molar-refractivity contribution in [3.63, 3.8) is 0 Å².